The number of piperidine rings is 1. The van der Waals surface area contributed by atoms with E-state index in [0.717, 1.165) is 54.8 Å². The summed E-state index contributed by atoms with van der Waals surface area (Å²) in [6.45, 7) is 2.84. The smallest absolute Gasteiger partial charge is 0.275 e. The molecular weight excluding hydrogens is 434 g/mol. The molecule has 0 saturated carbocycles. The monoisotopic (exact) mass is 461 g/mol. The maximum Gasteiger partial charge on any atom is 0.275 e. The van der Waals surface area contributed by atoms with Gasteiger partial charge in [-0.25, -0.2) is 9.20 Å². The zero-order valence-corrected chi connectivity index (χ0v) is 19.5. The fraction of sp³-hybridized carbons (Fsp3) is 0.207. The Hall–Kier alpha value is -4.03. The fourth-order valence-electron chi connectivity index (χ4n) is 5.10. The highest BCUT2D eigenvalue weighted by atomic mass is 16.1. The Bertz CT molecular complexity index is 1500. The summed E-state index contributed by atoms with van der Waals surface area (Å²) in [4.78, 5) is 16.3. The van der Waals surface area contributed by atoms with Gasteiger partial charge in [0.05, 0.1) is 17.1 Å². The highest BCUT2D eigenvalue weighted by Crippen LogP contribution is 2.33. The zero-order chi connectivity index (χ0) is 23.6. The molecule has 0 aliphatic carbocycles. The minimum Gasteiger partial charge on any atom is -0.299 e. The van der Waals surface area contributed by atoms with Crippen molar-refractivity contribution in [2.24, 2.45) is 0 Å². The second-order valence-electron chi connectivity index (χ2n) is 9.11. The molecule has 5 aromatic rings. The van der Waals surface area contributed by atoms with E-state index < -0.39 is 0 Å². The van der Waals surface area contributed by atoms with Gasteiger partial charge in [0.15, 0.2) is 0 Å². The van der Waals surface area contributed by atoms with Gasteiger partial charge in [-0.1, -0.05) is 66.7 Å². The maximum atomic E-state index is 13.8. The Morgan fingerprint density at radius 1 is 0.829 bits per heavy atom. The van der Waals surface area contributed by atoms with Crippen molar-refractivity contribution in [1.82, 2.24) is 24.3 Å². The summed E-state index contributed by atoms with van der Waals surface area (Å²) in [6.07, 6.45) is 5.49. The molecule has 0 bridgehead atoms. The van der Waals surface area contributed by atoms with E-state index in [1.165, 1.54) is 5.56 Å². The molecule has 1 fully saturated rings. The molecule has 1 saturated heterocycles. The minimum atomic E-state index is -0.0510. The van der Waals surface area contributed by atoms with Gasteiger partial charge in [0, 0.05) is 43.2 Å². The van der Waals surface area contributed by atoms with E-state index in [9.17, 15) is 4.79 Å². The van der Waals surface area contributed by atoms with Crippen molar-refractivity contribution in [1.29, 1.82) is 0 Å². The van der Waals surface area contributed by atoms with E-state index in [2.05, 4.69) is 34.3 Å². The summed E-state index contributed by atoms with van der Waals surface area (Å²) in [5, 5.41) is 9.36. The summed E-state index contributed by atoms with van der Waals surface area (Å²) in [6, 6.07) is 28.5. The Labute approximate surface area is 204 Å². The zero-order valence-electron chi connectivity index (χ0n) is 19.5. The molecule has 0 N–H and O–H groups in total. The SMILES string of the molecule is O=c1c(-c2c(-c3ccccc3)nn3ccccc23)ccnn1C1CCN(Cc2ccccc2)CC1. The van der Waals surface area contributed by atoms with Crippen molar-refractivity contribution in [3.63, 3.8) is 0 Å². The summed E-state index contributed by atoms with van der Waals surface area (Å²) in [5.74, 6) is 0. The van der Waals surface area contributed by atoms with Crippen LogP contribution in [0, 0.1) is 0 Å². The third kappa shape index (κ3) is 4.17. The molecule has 174 valence electrons. The maximum absolute atomic E-state index is 13.8. The molecule has 3 aromatic heterocycles. The first-order valence-corrected chi connectivity index (χ1v) is 12.2. The molecule has 6 nitrogen and oxygen atoms in total. The number of likely N-dealkylation sites (tertiary alicyclic amines) is 1. The predicted molar refractivity (Wildman–Crippen MR) is 138 cm³/mol. The van der Waals surface area contributed by atoms with E-state index in [4.69, 9.17) is 5.10 Å². The highest BCUT2D eigenvalue weighted by Gasteiger charge is 2.25. The van der Waals surface area contributed by atoms with Gasteiger partial charge in [-0.15, -0.1) is 0 Å². The minimum absolute atomic E-state index is 0.0510. The van der Waals surface area contributed by atoms with Gasteiger partial charge in [-0.3, -0.25) is 9.69 Å². The lowest BCUT2D eigenvalue weighted by Crippen LogP contribution is -2.38. The molecule has 0 radical (unpaired) electrons. The van der Waals surface area contributed by atoms with Crippen LogP contribution in [0.2, 0.25) is 0 Å². The molecule has 4 heterocycles. The topological polar surface area (TPSA) is 55.4 Å². The molecule has 0 unspecified atom stereocenters. The number of hydrogen-bond acceptors (Lipinski definition) is 4. The number of pyridine rings is 1. The van der Waals surface area contributed by atoms with Crippen molar-refractivity contribution >= 4 is 5.52 Å². The van der Waals surface area contributed by atoms with Gasteiger partial charge < -0.3 is 0 Å². The lowest BCUT2D eigenvalue weighted by Gasteiger charge is -2.32. The number of benzene rings is 2. The van der Waals surface area contributed by atoms with Crippen molar-refractivity contribution in [2.45, 2.75) is 25.4 Å². The molecule has 35 heavy (non-hydrogen) atoms. The first-order valence-electron chi connectivity index (χ1n) is 12.2. The van der Waals surface area contributed by atoms with E-state index in [-0.39, 0.29) is 11.6 Å². The largest absolute Gasteiger partial charge is 0.299 e. The standard InChI is InChI=1S/C29H27N5O/c35-29-25(27-26-13-7-8-18-33(26)31-28(27)23-11-5-2-6-12-23)14-17-30-34(29)24-15-19-32(20-16-24)21-22-9-3-1-4-10-22/h1-14,17-18,24H,15-16,19-21H2. The molecule has 6 rings (SSSR count). The molecule has 0 spiro atoms. The van der Waals surface area contributed by atoms with Gasteiger partial charge in [-0.05, 0) is 36.6 Å². The van der Waals surface area contributed by atoms with Gasteiger partial charge in [0.25, 0.3) is 5.56 Å². The third-order valence-electron chi connectivity index (χ3n) is 6.88. The molecular formula is C29H27N5O. The van der Waals surface area contributed by atoms with Crippen LogP contribution in [0.25, 0.3) is 27.9 Å². The molecule has 1 aliphatic rings. The fourth-order valence-corrected chi connectivity index (χ4v) is 5.10. The van der Waals surface area contributed by atoms with Crippen LogP contribution in [-0.2, 0) is 6.54 Å². The van der Waals surface area contributed by atoms with Crippen molar-refractivity contribution in [3.8, 4) is 22.4 Å². The number of nitrogens with zero attached hydrogens (tertiary/aromatic N) is 5. The van der Waals surface area contributed by atoms with E-state index in [1.807, 2.05) is 71.4 Å². The van der Waals surface area contributed by atoms with Crippen LogP contribution in [0.3, 0.4) is 0 Å². The van der Waals surface area contributed by atoms with Crippen molar-refractivity contribution in [2.75, 3.05) is 13.1 Å². The van der Waals surface area contributed by atoms with Gasteiger partial charge in [0.2, 0.25) is 0 Å². The van der Waals surface area contributed by atoms with Gasteiger partial charge >= 0.3 is 0 Å². The summed E-state index contributed by atoms with van der Waals surface area (Å²) < 4.78 is 3.56. The molecule has 1 aliphatic heterocycles. The third-order valence-corrected chi connectivity index (χ3v) is 6.88. The van der Waals surface area contributed by atoms with Crippen LogP contribution in [0.15, 0.2) is 102 Å². The summed E-state index contributed by atoms with van der Waals surface area (Å²) >= 11 is 0. The van der Waals surface area contributed by atoms with Crippen molar-refractivity contribution in [3.05, 3.63) is 113 Å². The number of fused-ring (bicyclic) bond motifs is 1. The van der Waals surface area contributed by atoms with E-state index in [1.54, 1.807) is 10.9 Å². The van der Waals surface area contributed by atoms with Crippen molar-refractivity contribution < 1.29 is 0 Å². The number of hydrogen-bond donors (Lipinski definition) is 0. The Balaban J connectivity index is 1.33. The summed E-state index contributed by atoms with van der Waals surface area (Å²) in [5.41, 5.74) is 5.49. The van der Waals surface area contributed by atoms with E-state index >= 15 is 0 Å². The normalized spacial score (nSPS) is 15.0. The molecule has 0 atom stereocenters. The Morgan fingerprint density at radius 3 is 2.31 bits per heavy atom. The Morgan fingerprint density at radius 2 is 1.54 bits per heavy atom. The molecule has 2 aromatic carbocycles. The van der Waals surface area contributed by atoms with Crippen LogP contribution in [0.5, 0.6) is 0 Å². The highest BCUT2D eigenvalue weighted by molar-refractivity contribution is 5.91. The van der Waals surface area contributed by atoms with Gasteiger partial charge in [0.1, 0.15) is 5.69 Å². The van der Waals surface area contributed by atoms with Crippen LogP contribution in [-0.4, -0.2) is 37.4 Å². The lowest BCUT2D eigenvalue weighted by atomic mass is 10.0. The van der Waals surface area contributed by atoms with Gasteiger partial charge in [-0.2, -0.15) is 10.2 Å². The van der Waals surface area contributed by atoms with Crippen LogP contribution in [0.1, 0.15) is 24.4 Å². The van der Waals surface area contributed by atoms with Crippen LogP contribution in [0.4, 0.5) is 0 Å². The average Bonchev–Trinajstić information content (AvgIpc) is 3.30. The predicted octanol–water partition coefficient (Wildman–Crippen LogP) is 5.06. The second kappa shape index (κ2) is 9.31. The molecule has 6 heteroatoms. The summed E-state index contributed by atoms with van der Waals surface area (Å²) in [7, 11) is 0. The Kier molecular flexibility index (Phi) is 5.72. The molecule has 0 amide bonds. The first-order chi connectivity index (χ1) is 17.3. The van der Waals surface area contributed by atoms with Crippen LogP contribution >= 0.6 is 0 Å². The van der Waals surface area contributed by atoms with Crippen LogP contribution < -0.4 is 5.56 Å². The van der Waals surface area contributed by atoms with E-state index in [0.29, 0.717) is 5.56 Å². The lowest BCUT2D eigenvalue weighted by molar-refractivity contribution is 0.170. The average molecular weight is 462 g/mol. The second-order valence-corrected chi connectivity index (χ2v) is 9.11. The number of rotatable bonds is 5. The first kappa shape index (κ1) is 21.5. The quantitative estimate of drug-likeness (QED) is 0.367. The number of aromatic nitrogens is 4.